The molecule has 44 heavy (non-hydrogen) atoms. The van der Waals surface area contributed by atoms with Crippen molar-refractivity contribution in [2.75, 3.05) is 33.5 Å². The Morgan fingerprint density at radius 3 is 2.41 bits per heavy atom. The number of hydrogen-bond donors (Lipinski definition) is 1. The molecule has 1 atom stereocenters. The third-order valence-corrected chi connectivity index (χ3v) is 7.96. The number of hydrogen-bond acceptors (Lipinski definition) is 6. The number of ether oxygens (including phenoxy) is 4. The average molecular weight is 595 g/mol. The number of aromatic amines is 1. The van der Waals surface area contributed by atoms with E-state index in [-0.39, 0.29) is 12.2 Å². The summed E-state index contributed by atoms with van der Waals surface area (Å²) >= 11 is 0. The van der Waals surface area contributed by atoms with Crippen LogP contribution in [0.2, 0.25) is 0 Å². The molecule has 1 saturated heterocycles. The molecule has 5 rings (SSSR count). The second kappa shape index (κ2) is 16.1. The van der Waals surface area contributed by atoms with Crippen LogP contribution in [0, 0.1) is 5.92 Å². The van der Waals surface area contributed by atoms with Gasteiger partial charge in [-0.3, -0.25) is 0 Å². The van der Waals surface area contributed by atoms with Crippen LogP contribution in [-0.4, -0.2) is 55.6 Å². The van der Waals surface area contributed by atoms with Crippen LogP contribution in [0.5, 0.6) is 0 Å². The largest absolute Gasteiger partial charge is 0.465 e. The normalized spacial score (nSPS) is 14.3. The van der Waals surface area contributed by atoms with E-state index >= 15 is 0 Å². The Balaban J connectivity index is 1.28. The highest BCUT2D eigenvalue weighted by atomic mass is 16.7. The number of para-hydroxylation sites is 1. The summed E-state index contributed by atoms with van der Waals surface area (Å²) in [6.45, 7) is 8.02. The van der Waals surface area contributed by atoms with Gasteiger partial charge in [-0.1, -0.05) is 91.5 Å². The van der Waals surface area contributed by atoms with Crippen LogP contribution >= 0.6 is 0 Å². The van der Waals surface area contributed by atoms with E-state index in [9.17, 15) is 4.79 Å². The number of aromatic nitrogens is 1. The summed E-state index contributed by atoms with van der Waals surface area (Å²) in [5, 5.41) is 1.09. The van der Waals surface area contributed by atoms with Crippen molar-refractivity contribution in [2.24, 2.45) is 5.92 Å². The van der Waals surface area contributed by atoms with Crippen LogP contribution in [0.4, 0.5) is 0 Å². The molecule has 1 aliphatic rings. The quantitative estimate of drug-likeness (QED) is 0.0865. The van der Waals surface area contributed by atoms with Gasteiger partial charge in [0.25, 0.3) is 0 Å². The monoisotopic (exact) mass is 594 g/mol. The number of benzene rings is 3. The Bertz CT molecular complexity index is 1510. The van der Waals surface area contributed by atoms with Crippen LogP contribution in [0.3, 0.4) is 0 Å². The van der Waals surface area contributed by atoms with Gasteiger partial charge in [0.2, 0.25) is 0 Å². The minimum Gasteiger partial charge on any atom is -0.465 e. The van der Waals surface area contributed by atoms with Gasteiger partial charge in [-0.25, -0.2) is 4.79 Å². The van der Waals surface area contributed by atoms with E-state index in [1.165, 1.54) is 18.2 Å². The van der Waals surface area contributed by atoms with E-state index in [1.54, 1.807) is 0 Å². The fourth-order valence-corrected chi connectivity index (χ4v) is 5.62. The molecule has 1 unspecified atom stereocenters. The summed E-state index contributed by atoms with van der Waals surface area (Å²) in [5.41, 5.74) is 5.49. The van der Waals surface area contributed by atoms with Gasteiger partial charge in [-0.15, -0.1) is 0 Å². The van der Waals surface area contributed by atoms with Crippen LogP contribution in [0.25, 0.3) is 16.5 Å². The first-order chi connectivity index (χ1) is 21.6. The summed E-state index contributed by atoms with van der Waals surface area (Å²) in [4.78, 5) is 18.1. The van der Waals surface area contributed by atoms with E-state index in [0.717, 1.165) is 54.5 Å². The summed E-state index contributed by atoms with van der Waals surface area (Å²) in [6, 6.07) is 28.8. The number of nitrogens with one attached hydrogen (secondary N) is 1. The van der Waals surface area contributed by atoms with E-state index in [2.05, 4.69) is 71.2 Å². The summed E-state index contributed by atoms with van der Waals surface area (Å²) in [7, 11) is 1.38. The number of methoxy groups -OCH3 is 1. The van der Waals surface area contributed by atoms with Crippen LogP contribution < -0.4 is 0 Å². The summed E-state index contributed by atoms with van der Waals surface area (Å²) in [5.74, 6) is -0.249. The zero-order chi connectivity index (χ0) is 30.6. The van der Waals surface area contributed by atoms with Gasteiger partial charge in [-0.2, -0.15) is 0 Å². The van der Waals surface area contributed by atoms with Crippen LogP contribution in [-0.2, 0) is 43.3 Å². The number of fused-ring (bicyclic) bond motifs is 1. The van der Waals surface area contributed by atoms with Gasteiger partial charge < -0.3 is 28.8 Å². The second-order valence-electron chi connectivity index (χ2n) is 11.0. The molecule has 0 spiro atoms. The van der Waals surface area contributed by atoms with Gasteiger partial charge >= 0.3 is 5.97 Å². The van der Waals surface area contributed by atoms with Crippen molar-refractivity contribution < 1.29 is 23.7 Å². The molecule has 0 radical (unpaired) electrons. The summed E-state index contributed by atoms with van der Waals surface area (Å²) in [6.07, 6.45) is 6.55. The number of nitrogens with zero attached hydrogens (tertiary/aromatic N) is 1. The zero-order valence-corrected chi connectivity index (χ0v) is 25.5. The van der Waals surface area contributed by atoms with E-state index in [4.69, 9.17) is 18.9 Å². The molecule has 0 aliphatic carbocycles. The molecule has 1 aromatic heterocycles. The number of esters is 1. The molecule has 4 aromatic rings. The Morgan fingerprint density at radius 1 is 1.00 bits per heavy atom. The maximum Gasteiger partial charge on any atom is 0.339 e. The molecule has 0 saturated carbocycles. The van der Waals surface area contributed by atoms with Crippen LogP contribution in [0.1, 0.15) is 35.2 Å². The van der Waals surface area contributed by atoms with Gasteiger partial charge in [0.15, 0.2) is 6.29 Å². The number of H-pyrrole nitrogens is 1. The highest BCUT2D eigenvalue weighted by Crippen LogP contribution is 2.28. The number of carbonyl (C=O) groups is 1. The Hall–Kier alpha value is -4.17. The zero-order valence-electron chi connectivity index (χ0n) is 25.5. The third kappa shape index (κ3) is 8.47. The lowest BCUT2D eigenvalue weighted by molar-refractivity contribution is -0.133. The summed E-state index contributed by atoms with van der Waals surface area (Å²) < 4.78 is 22.8. The molecule has 7 nitrogen and oxygen atoms in total. The lowest BCUT2D eigenvalue weighted by Gasteiger charge is -2.23. The smallest absolute Gasteiger partial charge is 0.339 e. The molecule has 3 aromatic carbocycles. The molecule has 2 heterocycles. The number of rotatable bonds is 16. The molecular weight excluding hydrogens is 552 g/mol. The maximum atomic E-state index is 12.4. The molecule has 1 aliphatic heterocycles. The fourth-order valence-electron chi connectivity index (χ4n) is 5.62. The van der Waals surface area contributed by atoms with E-state index in [0.29, 0.717) is 32.0 Å². The van der Waals surface area contributed by atoms with Gasteiger partial charge in [0.05, 0.1) is 38.2 Å². The first-order valence-electron chi connectivity index (χ1n) is 15.3. The minimum atomic E-state index is -0.436. The van der Waals surface area contributed by atoms with Crippen molar-refractivity contribution >= 4 is 22.4 Å². The van der Waals surface area contributed by atoms with Crippen molar-refractivity contribution in [3.63, 3.8) is 0 Å². The van der Waals surface area contributed by atoms with E-state index < -0.39 is 5.97 Å². The van der Waals surface area contributed by atoms with Crippen molar-refractivity contribution in [3.8, 4) is 0 Å². The molecule has 230 valence electrons. The predicted octanol–water partition coefficient (Wildman–Crippen LogP) is 6.90. The first-order valence-corrected chi connectivity index (χ1v) is 15.3. The Labute approximate surface area is 260 Å². The van der Waals surface area contributed by atoms with Crippen molar-refractivity contribution in [1.29, 1.82) is 0 Å². The molecule has 0 amide bonds. The molecule has 1 N–H and O–H groups in total. The molecule has 1 fully saturated rings. The SMILES string of the molecule is C=C(C(=O)OC)c1[nH]c2ccccc2c1CCN(/C=C/CC(CCOCc1ccccc1)C1OCCO1)Cc1ccccc1. The molecule has 0 bridgehead atoms. The molecule has 7 heteroatoms. The average Bonchev–Trinajstić information content (AvgIpc) is 3.73. The van der Waals surface area contributed by atoms with Crippen molar-refractivity contribution in [3.05, 3.63) is 126 Å². The van der Waals surface area contributed by atoms with Gasteiger partial charge in [0, 0.05) is 36.5 Å². The lowest BCUT2D eigenvalue weighted by atomic mass is 10.0. The Morgan fingerprint density at radius 2 is 1.68 bits per heavy atom. The van der Waals surface area contributed by atoms with Crippen molar-refractivity contribution in [2.45, 2.75) is 38.7 Å². The first kappa shape index (κ1) is 31.3. The second-order valence-corrected chi connectivity index (χ2v) is 11.0. The minimum absolute atomic E-state index is 0.187. The van der Waals surface area contributed by atoms with E-state index in [1.807, 2.05) is 42.5 Å². The highest BCUT2D eigenvalue weighted by molar-refractivity contribution is 6.16. The Kier molecular flexibility index (Phi) is 11.4. The maximum absolute atomic E-state index is 12.4. The third-order valence-electron chi connectivity index (χ3n) is 7.96. The fraction of sp³-hybridized carbons (Fsp3) is 0.324. The number of carbonyl (C=O) groups excluding carboxylic acids is 1. The van der Waals surface area contributed by atoms with Crippen LogP contribution in [0.15, 0.2) is 104 Å². The number of allylic oxidation sites excluding steroid dienone is 1. The standard InChI is InChI=1S/C37H42N2O5/c1-28(36(40)41-2)35-33(32-17-9-10-18-34(32)38-35)19-22-39(26-29-12-5-3-6-13-29)21-11-16-31(37-43-24-25-44-37)20-23-42-27-30-14-7-4-8-15-30/h3-15,17-18,21,31,37-38H,1,16,19-20,22-27H2,2H3/b21-11+. The molecular formula is C37H42N2O5. The van der Waals surface area contributed by atoms with Gasteiger partial charge in [0.1, 0.15) is 0 Å². The van der Waals surface area contributed by atoms with Crippen molar-refractivity contribution in [1.82, 2.24) is 9.88 Å². The topological polar surface area (TPSA) is 73.0 Å². The van der Waals surface area contributed by atoms with Gasteiger partial charge in [-0.05, 0) is 48.2 Å². The lowest BCUT2D eigenvalue weighted by Crippen LogP contribution is -2.23. The highest BCUT2D eigenvalue weighted by Gasteiger charge is 2.26. The predicted molar refractivity (Wildman–Crippen MR) is 174 cm³/mol.